The van der Waals surface area contributed by atoms with Gasteiger partial charge in [-0.1, -0.05) is 30.3 Å². The van der Waals surface area contributed by atoms with E-state index in [1.165, 1.54) is 13.8 Å². The van der Waals surface area contributed by atoms with Gasteiger partial charge in [-0.25, -0.2) is 4.79 Å². The molecule has 6 nitrogen and oxygen atoms in total. The van der Waals surface area contributed by atoms with Crippen LogP contribution in [-0.2, 0) is 35.2 Å². The van der Waals surface area contributed by atoms with E-state index in [0.29, 0.717) is 5.56 Å². The largest absolute Gasteiger partial charge is 0.465 e. The Morgan fingerprint density at radius 1 is 0.926 bits per heavy atom. The summed E-state index contributed by atoms with van der Waals surface area (Å²) in [5.41, 5.74) is -2.58. The Bertz CT molecular complexity index is 677. The molecule has 0 aliphatic carbocycles. The zero-order chi connectivity index (χ0) is 20.4. The van der Waals surface area contributed by atoms with Crippen LogP contribution in [0.25, 0.3) is 0 Å². The van der Waals surface area contributed by atoms with E-state index >= 15 is 0 Å². The third-order valence-corrected chi connectivity index (χ3v) is 3.67. The van der Waals surface area contributed by atoms with E-state index in [9.17, 15) is 23.2 Å². The van der Waals surface area contributed by atoms with Gasteiger partial charge >= 0.3 is 17.9 Å². The van der Waals surface area contributed by atoms with Gasteiger partial charge in [-0.05, 0) is 26.3 Å². The number of ether oxygens (including phenoxy) is 3. The van der Waals surface area contributed by atoms with Crippen LogP contribution in [0.3, 0.4) is 0 Å². The smallest absolute Gasteiger partial charge is 0.339 e. The third kappa shape index (κ3) is 6.16. The molecule has 0 aromatic heterocycles. The Kier molecular flexibility index (Phi) is 8.58. The monoisotopic (exact) mass is 384 g/mol. The molecule has 0 radical (unpaired) electrons. The Balaban J connectivity index is 3.02. The summed E-state index contributed by atoms with van der Waals surface area (Å²) in [4.78, 5) is 36.5. The summed E-state index contributed by atoms with van der Waals surface area (Å²) in [5, 5.41) is 0. The van der Waals surface area contributed by atoms with Crippen molar-refractivity contribution in [1.29, 1.82) is 0 Å². The van der Waals surface area contributed by atoms with Gasteiger partial charge in [0.2, 0.25) is 0 Å². The van der Waals surface area contributed by atoms with Crippen molar-refractivity contribution in [2.24, 2.45) is 5.41 Å². The molecule has 0 saturated carbocycles. The van der Waals surface area contributed by atoms with Crippen molar-refractivity contribution in [3.63, 3.8) is 0 Å². The first-order valence-corrected chi connectivity index (χ1v) is 8.35. The first-order chi connectivity index (χ1) is 12.8. The van der Waals surface area contributed by atoms with Gasteiger partial charge in [-0.2, -0.15) is 8.78 Å². The molecule has 27 heavy (non-hydrogen) atoms. The maximum atomic E-state index is 13.4. The van der Waals surface area contributed by atoms with Crippen molar-refractivity contribution in [2.45, 2.75) is 33.8 Å². The topological polar surface area (TPSA) is 78.9 Å². The number of benzene rings is 1. The lowest BCUT2D eigenvalue weighted by atomic mass is 9.83. The lowest BCUT2D eigenvalue weighted by Gasteiger charge is -2.25. The van der Waals surface area contributed by atoms with Crippen LogP contribution < -0.4 is 0 Å². The van der Waals surface area contributed by atoms with E-state index in [4.69, 9.17) is 14.2 Å². The predicted molar refractivity (Wildman–Crippen MR) is 91.5 cm³/mol. The van der Waals surface area contributed by atoms with Crippen LogP contribution in [-0.4, -0.2) is 31.1 Å². The minimum Gasteiger partial charge on any atom is -0.465 e. The number of hydrogen-bond donors (Lipinski definition) is 0. The van der Waals surface area contributed by atoms with Crippen molar-refractivity contribution < 1.29 is 37.4 Å². The highest BCUT2D eigenvalue weighted by Crippen LogP contribution is 2.32. The van der Waals surface area contributed by atoms with Crippen LogP contribution in [0.2, 0.25) is 0 Å². The van der Waals surface area contributed by atoms with E-state index in [1.807, 2.05) is 0 Å². The molecule has 0 spiro atoms. The van der Waals surface area contributed by atoms with Crippen molar-refractivity contribution in [3.8, 4) is 0 Å². The lowest BCUT2D eigenvalue weighted by Crippen LogP contribution is -2.40. The zero-order valence-corrected chi connectivity index (χ0v) is 15.4. The Hall–Kier alpha value is -2.77. The highest BCUT2D eigenvalue weighted by molar-refractivity contribution is 6.02. The average Bonchev–Trinajstić information content (AvgIpc) is 2.64. The minimum absolute atomic E-state index is 0.0660. The molecule has 0 saturated heterocycles. The average molecular weight is 384 g/mol. The van der Waals surface area contributed by atoms with E-state index in [1.54, 1.807) is 30.3 Å². The minimum atomic E-state index is -2.34. The van der Waals surface area contributed by atoms with Crippen molar-refractivity contribution in [3.05, 3.63) is 47.5 Å². The Morgan fingerprint density at radius 2 is 1.44 bits per heavy atom. The molecule has 1 rings (SSSR count). The van der Waals surface area contributed by atoms with Crippen molar-refractivity contribution in [1.82, 2.24) is 0 Å². The molecule has 0 atom stereocenters. The van der Waals surface area contributed by atoms with Gasteiger partial charge in [0.25, 0.3) is 6.08 Å². The van der Waals surface area contributed by atoms with Gasteiger partial charge in [-0.3, -0.25) is 9.59 Å². The quantitative estimate of drug-likeness (QED) is 0.281. The van der Waals surface area contributed by atoms with E-state index in [-0.39, 0.29) is 19.8 Å². The van der Waals surface area contributed by atoms with Crippen LogP contribution in [0, 0.1) is 5.41 Å². The predicted octanol–water partition coefficient (Wildman–Crippen LogP) is 3.40. The van der Waals surface area contributed by atoms with Gasteiger partial charge < -0.3 is 14.2 Å². The van der Waals surface area contributed by atoms with Crippen LogP contribution in [0.5, 0.6) is 0 Å². The number of halogens is 2. The molecule has 0 aliphatic rings. The molecule has 0 heterocycles. The van der Waals surface area contributed by atoms with E-state index < -0.39 is 41.4 Å². The number of rotatable bonds is 9. The Morgan fingerprint density at radius 3 is 1.89 bits per heavy atom. The van der Waals surface area contributed by atoms with E-state index in [2.05, 4.69) is 0 Å². The summed E-state index contributed by atoms with van der Waals surface area (Å²) in [6, 6.07) is 8.47. The highest BCUT2D eigenvalue weighted by Gasteiger charge is 2.47. The summed E-state index contributed by atoms with van der Waals surface area (Å²) in [5.74, 6) is -3.44. The first-order valence-electron chi connectivity index (χ1n) is 8.35. The number of esters is 3. The molecule has 0 fully saturated rings. The van der Waals surface area contributed by atoms with Crippen LogP contribution in [0.15, 0.2) is 42.0 Å². The van der Waals surface area contributed by atoms with Crippen molar-refractivity contribution in [2.75, 3.05) is 13.2 Å². The fourth-order valence-corrected chi connectivity index (χ4v) is 2.19. The summed E-state index contributed by atoms with van der Waals surface area (Å²) in [7, 11) is 0. The summed E-state index contributed by atoms with van der Waals surface area (Å²) < 4.78 is 41.3. The molecule has 0 bridgehead atoms. The van der Waals surface area contributed by atoms with Gasteiger partial charge in [0, 0.05) is 6.42 Å². The van der Waals surface area contributed by atoms with Gasteiger partial charge in [-0.15, -0.1) is 0 Å². The molecule has 148 valence electrons. The SMILES string of the molecule is CCOC(=O)C(C)(CC(C(=O)OCc1ccccc1)=C(F)F)C(=O)OCC. The molecule has 0 N–H and O–H groups in total. The summed E-state index contributed by atoms with van der Waals surface area (Å²) in [6.45, 7) is 3.74. The second-order valence-electron chi connectivity index (χ2n) is 5.75. The normalized spacial score (nSPS) is 10.7. The molecule has 8 heteroatoms. The number of carbonyl (C=O) groups is 3. The number of hydrogen-bond acceptors (Lipinski definition) is 6. The lowest BCUT2D eigenvalue weighted by molar-refractivity contribution is -0.170. The fourth-order valence-electron chi connectivity index (χ4n) is 2.19. The molecule has 0 unspecified atom stereocenters. The molecular weight excluding hydrogens is 362 g/mol. The van der Waals surface area contributed by atoms with Crippen LogP contribution in [0.1, 0.15) is 32.8 Å². The summed E-state index contributed by atoms with van der Waals surface area (Å²) in [6.07, 6.45) is -3.24. The molecule has 0 aliphatic heterocycles. The third-order valence-electron chi connectivity index (χ3n) is 3.67. The molecule has 0 amide bonds. The van der Waals surface area contributed by atoms with E-state index in [0.717, 1.165) is 6.92 Å². The highest BCUT2D eigenvalue weighted by atomic mass is 19.3. The zero-order valence-electron chi connectivity index (χ0n) is 15.4. The standard InChI is InChI=1S/C19H22F2O6/c1-4-25-17(23)19(3,18(24)26-5-2)11-14(15(20)21)16(22)27-12-13-9-7-6-8-10-13/h6-10H,4-5,11-12H2,1-3H3. The second kappa shape index (κ2) is 10.4. The first kappa shape index (κ1) is 22.3. The van der Waals surface area contributed by atoms with Crippen LogP contribution in [0.4, 0.5) is 8.78 Å². The number of carbonyl (C=O) groups excluding carboxylic acids is 3. The molecule has 1 aromatic rings. The summed E-state index contributed by atoms with van der Waals surface area (Å²) >= 11 is 0. The van der Waals surface area contributed by atoms with Crippen molar-refractivity contribution >= 4 is 17.9 Å². The molecule has 1 aromatic carbocycles. The van der Waals surface area contributed by atoms with Gasteiger partial charge in [0.05, 0.1) is 13.2 Å². The second-order valence-corrected chi connectivity index (χ2v) is 5.75. The molecular formula is C19H22F2O6. The Labute approximate surface area is 156 Å². The van der Waals surface area contributed by atoms with Crippen LogP contribution >= 0.6 is 0 Å². The fraction of sp³-hybridized carbons (Fsp3) is 0.421. The van der Waals surface area contributed by atoms with Gasteiger partial charge in [0.1, 0.15) is 12.2 Å². The maximum absolute atomic E-state index is 13.4. The maximum Gasteiger partial charge on any atom is 0.339 e. The van der Waals surface area contributed by atoms with Gasteiger partial charge in [0.15, 0.2) is 5.41 Å².